The number of aromatic nitrogens is 2. The first-order valence-electron chi connectivity index (χ1n) is 7.62. The highest BCUT2D eigenvalue weighted by Gasteiger charge is 2.14. The van der Waals surface area contributed by atoms with Crippen LogP contribution in [0.5, 0.6) is 0 Å². The van der Waals surface area contributed by atoms with Crippen LogP contribution in [-0.4, -0.2) is 15.9 Å². The van der Waals surface area contributed by atoms with E-state index in [0.717, 1.165) is 26.0 Å². The highest BCUT2D eigenvalue weighted by Crippen LogP contribution is 2.39. The monoisotopic (exact) mass is 365 g/mol. The predicted molar refractivity (Wildman–Crippen MR) is 106 cm³/mol. The van der Waals surface area contributed by atoms with E-state index in [9.17, 15) is 0 Å². The van der Waals surface area contributed by atoms with E-state index in [0.29, 0.717) is 5.13 Å². The second-order valence-corrected chi connectivity index (χ2v) is 7.55. The van der Waals surface area contributed by atoms with E-state index in [1.54, 1.807) is 17.5 Å². The maximum Gasteiger partial charge on any atom is 0.212 e. The van der Waals surface area contributed by atoms with E-state index >= 15 is 0 Å². The highest BCUT2D eigenvalue weighted by molar-refractivity contribution is 7.25. The van der Waals surface area contributed by atoms with Gasteiger partial charge < -0.3 is 11.5 Å². The maximum atomic E-state index is 5.41. The lowest BCUT2D eigenvalue weighted by Crippen LogP contribution is -2.21. The van der Waals surface area contributed by atoms with Gasteiger partial charge in [0.05, 0.1) is 15.4 Å². The molecule has 2 aromatic heterocycles. The van der Waals surface area contributed by atoms with Crippen molar-refractivity contribution in [3.8, 4) is 20.3 Å². The Morgan fingerprint density at radius 1 is 1.04 bits per heavy atom. The zero-order valence-electron chi connectivity index (χ0n) is 13.4. The fourth-order valence-electron chi connectivity index (χ4n) is 2.60. The van der Waals surface area contributed by atoms with Crippen molar-refractivity contribution in [2.75, 3.05) is 0 Å². The molecule has 4 rings (SSSR count). The number of fused-ring (bicyclic) bond motifs is 1. The number of guanidine groups is 1. The SMILES string of the molecule is Cc1nc(-c2ccc3ccccc3c2)sc1-c1cnc(N=C(N)N)s1. The molecular weight excluding hydrogens is 350 g/mol. The van der Waals surface area contributed by atoms with Crippen molar-refractivity contribution in [1.29, 1.82) is 0 Å². The number of hydrogen-bond acceptors (Lipinski definition) is 5. The van der Waals surface area contributed by atoms with Crippen molar-refractivity contribution >= 4 is 44.5 Å². The number of aryl methyl sites for hydroxylation is 1. The van der Waals surface area contributed by atoms with Crippen LogP contribution < -0.4 is 11.5 Å². The van der Waals surface area contributed by atoms with Crippen molar-refractivity contribution < 1.29 is 0 Å². The molecule has 0 aliphatic heterocycles. The Bertz CT molecular complexity index is 1090. The minimum atomic E-state index is 0.0128. The summed E-state index contributed by atoms with van der Waals surface area (Å²) < 4.78 is 0. The zero-order chi connectivity index (χ0) is 17.4. The molecule has 0 saturated heterocycles. The van der Waals surface area contributed by atoms with Crippen molar-refractivity contribution in [3.63, 3.8) is 0 Å². The quantitative estimate of drug-likeness (QED) is 0.418. The standard InChI is InChI=1S/C18H15N5S2/c1-10-15(14-9-21-18(24-14)23-17(19)20)25-16(22-10)13-7-6-11-4-2-3-5-12(11)8-13/h2-9H,1H3,(H4,19,20,21,23). The van der Waals surface area contributed by atoms with E-state index in [4.69, 9.17) is 16.5 Å². The van der Waals surface area contributed by atoms with Crippen molar-refractivity contribution in [3.05, 3.63) is 54.4 Å². The fraction of sp³-hybridized carbons (Fsp3) is 0.0556. The van der Waals surface area contributed by atoms with E-state index in [2.05, 4.69) is 40.3 Å². The third kappa shape index (κ3) is 3.11. The molecule has 0 saturated carbocycles. The molecule has 124 valence electrons. The Morgan fingerprint density at radius 3 is 2.64 bits per heavy atom. The van der Waals surface area contributed by atoms with Crippen molar-refractivity contribution in [2.45, 2.75) is 6.92 Å². The predicted octanol–water partition coefficient (Wildman–Crippen LogP) is 4.30. The molecule has 4 aromatic rings. The van der Waals surface area contributed by atoms with Gasteiger partial charge in [0.2, 0.25) is 5.13 Å². The zero-order valence-corrected chi connectivity index (χ0v) is 15.1. The van der Waals surface area contributed by atoms with Gasteiger partial charge in [0.25, 0.3) is 0 Å². The van der Waals surface area contributed by atoms with Gasteiger partial charge in [-0.1, -0.05) is 47.7 Å². The van der Waals surface area contributed by atoms with Gasteiger partial charge in [0, 0.05) is 11.8 Å². The van der Waals surface area contributed by atoms with Crippen LogP contribution in [0.25, 0.3) is 31.1 Å². The Balaban J connectivity index is 1.74. The van der Waals surface area contributed by atoms with E-state index < -0.39 is 0 Å². The van der Waals surface area contributed by atoms with Gasteiger partial charge in [-0.25, -0.2) is 9.97 Å². The normalized spacial score (nSPS) is 10.9. The van der Waals surface area contributed by atoms with Crippen LogP contribution in [0.3, 0.4) is 0 Å². The molecule has 5 nitrogen and oxygen atoms in total. The van der Waals surface area contributed by atoms with Crippen LogP contribution in [0.1, 0.15) is 5.69 Å². The Kier molecular flexibility index (Phi) is 3.95. The Labute approximate surface area is 152 Å². The van der Waals surface area contributed by atoms with E-state index in [-0.39, 0.29) is 5.96 Å². The molecular formula is C18H15N5S2. The first-order valence-corrected chi connectivity index (χ1v) is 9.26. The molecule has 0 amide bonds. The van der Waals surface area contributed by atoms with Gasteiger partial charge in [0.1, 0.15) is 5.01 Å². The summed E-state index contributed by atoms with van der Waals surface area (Å²) in [6.07, 6.45) is 1.79. The van der Waals surface area contributed by atoms with Crippen molar-refractivity contribution in [2.24, 2.45) is 16.5 Å². The molecule has 0 spiro atoms. The van der Waals surface area contributed by atoms with Gasteiger partial charge in [0.15, 0.2) is 5.96 Å². The first kappa shape index (κ1) is 15.7. The first-order chi connectivity index (χ1) is 12.1. The minimum Gasteiger partial charge on any atom is -0.370 e. The van der Waals surface area contributed by atoms with Crippen molar-refractivity contribution in [1.82, 2.24) is 9.97 Å². The second-order valence-electron chi connectivity index (χ2n) is 5.54. The molecule has 7 heteroatoms. The molecule has 4 N–H and O–H groups in total. The maximum absolute atomic E-state index is 5.41. The minimum absolute atomic E-state index is 0.0128. The molecule has 0 aliphatic carbocycles. The molecule has 0 fully saturated rings. The smallest absolute Gasteiger partial charge is 0.212 e. The van der Waals surface area contributed by atoms with Crippen LogP contribution >= 0.6 is 22.7 Å². The number of hydrogen-bond donors (Lipinski definition) is 2. The Morgan fingerprint density at radius 2 is 1.84 bits per heavy atom. The molecule has 25 heavy (non-hydrogen) atoms. The summed E-state index contributed by atoms with van der Waals surface area (Å²) in [6.45, 7) is 2.01. The highest BCUT2D eigenvalue weighted by atomic mass is 32.1. The largest absolute Gasteiger partial charge is 0.370 e. The van der Waals surface area contributed by atoms with E-state index in [1.165, 1.54) is 22.1 Å². The Hall–Kier alpha value is -2.77. The van der Waals surface area contributed by atoms with Gasteiger partial charge in [-0.15, -0.1) is 11.3 Å². The lowest BCUT2D eigenvalue weighted by atomic mass is 10.1. The second kappa shape index (κ2) is 6.27. The van der Waals surface area contributed by atoms with Gasteiger partial charge in [-0.2, -0.15) is 4.99 Å². The number of benzene rings is 2. The molecule has 0 radical (unpaired) electrons. The average molecular weight is 365 g/mol. The topological polar surface area (TPSA) is 90.2 Å². The third-order valence-corrected chi connectivity index (χ3v) is 6.01. The van der Waals surface area contributed by atoms with Crippen LogP contribution in [0.2, 0.25) is 0 Å². The van der Waals surface area contributed by atoms with Crippen LogP contribution in [0.15, 0.2) is 53.7 Å². The fourth-order valence-corrected chi connectivity index (χ4v) is 4.62. The molecule has 0 atom stereocenters. The molecule has 0 unspecified atom stereocenters. The number of aliphatic imine (C=N–C) groups is 1. The summed E-state index contributed by atoms with van der Waals surface area (Å²) in [7, 11) is 0. The summed E-state index contributed by atoms with van der Waals surface area (Å²) in [4.78, 5) is 15.1. The summed E-state index contributed by atoms with van der Waals surface area (Å²) in [6, 6.07) is 14.7. The van der Waals surface area contributed by atoms with Gasteiger partial charge in [-0.05, 0) is 23.8 Å². The number of nitrogens with two attached hydrogens (primary N) is 2. The lowest BCUT2D eigenvalue weighted by molar-refractivity contribution is 1.27. The number of thiazole rings is 2. The van der Waals surface area contributed by atoms with Gasteiger partial charge >= 0.3 is 0 Å². The summed E-state index contributed by atoms with van der Waals surface area (Å²) in [5.74, 6) is 0.0128. The number of nitrogens with zero attached hydrogens (tertiary/aromatic N) is 3. The molecule has 2 heterocycles. The molecule has 0 aliphatic rings. The van der Waals surface area contributed by atoms with E-state index in [1.807, 2.05) is 19.1 Å². The number of rotatable bonds is 3. The van der Waals surface area contributed by atoms with Gasteiger partial charge in [-0.3, -0.25) is 0 Å². The van der Waals surface area contributed by atoms with Crippen LogP contribution in [0, 0.1) is 6.92 Å². The average Bonchev–Trinajstić information content (AvgIpc) is 3.20. The van der Waals surface area contributed by atoms with Crippen LogP contribution in [0.4, 0.5) is 5.13 Å². The molecule has 2 aromatic carbocycles. The summed E-state index contributed by atoms with van der Waals surface area (Å²) in [5.41, 5.74) is 12.9. The summed E-state index contributed by atoms with van der Waals surface area (Å²) >= 11 is 3.11. The lowest BCUT2D eigenvalue weighted by Gasteiger charge is -2.00. The third-order valence-electron chi connectivity index (χ3n) is 3.74. The summed E-state index contributed by atoms with van der Waals surface area (Å²) in [5, 5.41) is 3.98. The molecule has 0 bridgehead atoms. The van der Waals surface area contributed by atoms with Crippen LogP contribution in [-0.2, 0) is 0 Å².